The van der Waals surface area contributed by atoms with Gasteiger partial charge in [-0.2, -0.15) is 0 Å². The lowest BCUT2D eigenvalue weighted by Crippen LogP contribution is -2.58. The number of likely N-dealkylation sites (tertiary alicyclic amines) is 1. The molecule has 0 atom stereocenters. The molecule has 0 radical (unpaired) electrons. The quantitative estimate of drug-likeness (QED) is 0.698. The van der Waals surface area contributed by atoms with Gasteiger partial charge < -0.3 is 14.7 Å². The van der Waals surface area contributed by atoms with Crippen LogP contribution in [-0.4, -0.2) is 49.5 Å². The van der Waals surface area contributed by atoms with E-state index in [-0.39, 0.29) is 0 Å². The highest BCUT2D eigenvalue weighted by Gasteiger charge is 2.43. The van der Waals surface area contributed by atoms with Crippen LogP contribution in [0.25, 0.3) is 0 Å². The third-order valence-electron chi connectivity index (χ3n) is 3.80. The van der Waals surface area contributed by atoms with Crippen LogP contribution in [0.5, 0.6) is 0 Å². The molecular formula is C12H23NO2. The van der Waals surface area contributed by atoms with Gasteiger partial charge in [0.15, 0.2) is 0 Å². The van der Waals surface area contributed by atoms with Gasteiger partial charge >= 0.3 is 0 Å². The Kier molecular flexibility index (Phi) is 4.00. The van der Waals surface area contributed by atoms with Gasteiger partial charge in [0, 0.05) is 38.3 Å². The van der Waals surface area contributed by atoms with E-state index in [1.165, 1.54) is 45.3 Å². The van der Waals surface area contributed by atoms with Crippen molar-refractivity contribution in [1.29, 1.82) is 0 Å². The van der Waals surface area contributed by atoms with Gasteiger partial charge in [0.1, 0.15) is 0 Å². The molecule has 0 amide bonds. The van der Waals surface area contributed by atoms with Gasteiger partial charge in [0.2, 0.25) is 0 Å². The normalized spacial score (nSPS) is 25.4. The molecule has 0 aromatic rings. The molecule has 0 aromatic carbocycles. The minimum Gasteiger partial charge on any atom is -0.396 e. The Balaban J connectivity index is 1.56. The molecule has 3 nitrogen and oxygen atoms in total. The number of aliphatic hydroxyl groups excluding tert-OH is 1. The van der Waals surface area contributed by atoms with Crippen molar-refractivity contribution in [3.8, 4) is 0 Å². The summed E-state index contributed by atoms with van der Waals surface area (Å²) in [6, 6.07) is 0. The fourth-order valence-corrected chi connectivity index (χ4v) is 2.81. The number of aliphatic hydroxyl groups is 1. The van der Waals surface area contributed by atoms with E-state index in [0.29, 0.717) is 12.0 Å². The summed E-state index contributed by atoms with van der Waals surface area (Å²) < 4.78 is 5.40. The van der Waals surface area contributed by atoms with E-state index in [4.69, 9.17) is 9.84 Å². The average molecular weight is 213 g/mol. The zero-order chi connectivity index (χ0) is 10.6. The van der Waals surface area contributed by atoms with Crippen LogP contribution in [0.15, 0.2) is 0 Å². The van der Waals surface area contributed by atoms with Crippen LogP contribution in [0.1, 0.15) is 32.1 Å². The minimum absolute atomic E-state index is 0.348. The highest BCUT2D eigenvalue weighted by Crippen LogP contribution is 2.39. The largest absolute Gasteiger partial charge is 0.396 e. The molecule has 0 saturated carbocycles. The summed E-state index contributed by atoms with van der Waals surface area (Å²) in [5, 5.41) is 8.67. The molecule has 1 spiro atoms. The maximum Gasteiger partial charge on any atom is 0.0472 e. The monoisotopic (exact) mass is 213 g/mol. The molecule has 0 aliphatic carbocycles. The van der Waals surface area contributed by atoms with Crippen LogP contribution in [0.3, 0.4) is 0 Å². The lowest BCUT2D eigenvalue weighted by atomic mass is 9.73. The van der Waals surface area contributed by atoms with E-state index in [0.717, 1.165) is 19.6 Å². The summed E-state index contributed by atoms with van der Waals surface area (Å²) in [5.74, 6) is 0. The highest BCUT2D eigenvalue weighted by molar-refractivity contribution is 4.95. The number of nitrogens with zero attached hydrogens (tertiary/aromatic N) is 1. The number of rotatable bonds is 5. The fraction of sp³-hybridized carbons (Fsp3) is 1.00. The molecule has 2 fully saturated rings. The van der Waals surface area contributed by atoms with Crippen LogP contribution in [-0.2, 0) is 4.74 Å². The molecule has 15 heavy (non-hydrogen) atoms. The number of unbranched alkanes of at least 4 members (excludes halogenated alkanes) is 2. The third kappa shape index (κ3) is 2.92. The lowest BCUT2D eigenvalue weighted by molar-refractivity contribution is -0.0806. The van der Waals surface area contributed by atoms with E-state index < -0.39 is 0 Å². The van der Waals surface area contributed by atoms with Gasteiger partial charge in [-0.1, -0.05) is 0 Å². The van der Waals surface area contributed by atoms with Gasteiger partial charge in [-0.15, -0.1) is 0 Å². The second-order valence-electron chi connectivity index (χ2n) is 5.11. The third-order valence-corrected chi connectivity index (χ3v) is 3.80. The topological polar surface area (TPSA) is 32.7 Å². The molecule has 88 valence electrons. The van der Waals surface area contributed by atoms with Crippen molar-refractivity contribution in [3.05, 3.63) is 0 Å². The highest BCUT2D eigenvalue weighted by atomic mass is 16.5. The fourth-order valence-electron chi connectivity index (χ4n) is 2.81. The van der Waals surface area contributed by atoms with Crippen LogP contribution >= 0.6 is 0 Å². The molecule has 0 bridgehead atoms. The zero-order valence-corrected chi connectivity index (χ0v) is 9.58. The molecule has 0 aromatic heterocycles. The summed E-state index contributed by atoms with van der Waals surface area (Å²) >= 11 is 0. The van der Waals surface area contributed by atoms with Gasteiger partial charge in [0.05, 0.1) is 0 Å². The SMILES string of the molecule is OCCCCCN1CC2(CCOCC2)C1. The predicted octanol–water partition coefficient (Wildman–Crippen LogP) is 1.26. The van der Waals surface area contributed by atoms with E-state index in [2.05, 4.69) is 4.90 Å². The molecule has 2 saturated heterocycles. The minimum atomic E-state index is 0.348. The molecule has 1 N–H and O–H groups in total. The van der Waals surface area contributed by atoms with Crippen molar-refractivity contribution >= 4 is 0 Å². The number of hydrogen-bond donors (Lipinski definition) is 1. The van der Waals surface area contributed by atoms with Gasteiger partial charge in [-0.3, -0.25) is 0 Å². The maximum absolute atomic E-state index is 8.67. The van der Waals surface area contributed by atoms with Crippen molar-refractivity contribution in [1.82, 2.24) is 4.90 Å². The number of hydrogen-bond acceptors (Lipinski definition) is 3. The molecule has 2 aliphatic heterocycles. The Bertz CT molecular complexity index is 182. The molecule has 3 heteroatoms. The molecule has 0 unspecified atom stereocenters. The van der Waals surface area contributed by atoms with Crippen LogP contribution in [0.4, 0.5) is 0 Å². The van der Waals surface area contributed by atoms with Crippen molar-refractivity contribution in [2.45, 2.75) is 32.1 Å². The maximum atomic E-state index is 8.67. The Hall–Kier alpha value is -0.120. The zero-order valence-electron chi connectivity index (χ0n) is 9.58. The van der Waals surface area contributed by atoms with Gasteiger partial charge in [0.25, 0.3) is 0 Å². The van der Waals surface area contributed by atoms with Gasteiger partial charge in [-0.05, 0) is 38.6 Å². The summed E-state index contributed by atoms with van der Waals surface area (Å²) in [7, 11) is 0. The Labute approximate surface area is 92.4 Å². The van der Waals surface area contributed by atoms with E-state index >= 15 is 0 Å². The van der Waals surface area contributed by atoms with E-state index in [1.54, 1.807) is 0 Å². The second kappa shape index (κ2) is 5.28. The number of ether oxygens (including phenoxy) is 1. The molecule has 2 aliphatic rings. The first kappa shape index (κ1) is 11.4. The average Bonchev–Trinajstić information content (AvgIpc) is 2.23. The first-order valence-corrected chi connectivity index (χ1v) is 6.26. The molecular weight excluding hydrogens is 190 g/mol. The van der Waals surface area contributed by atoms with E-state index in [1.807, 2.05) is 0 Å². The summed E-state index contributed by atoms with van der Waals surface area (Å²) in [4.78, 5) is 2.56. The lowest BCUT2D eigenvalue weighted by Gasteiger charge is -2.52. The summed E-state index contributed by atoms with van der Waals surface area (Å²) in [5.41, 5.74) is 0.620. The van der Waals surface area contributed by atoms with Crippen LogP contribution in [0, 0.1) is 5.41 Å². The summed E-state index contributed by atoms with van der Waals surface area (Å²) in [6.07, 6.45) is 5.91. The van der Waals surface area contributed by atoms with Crippen molar-refractivity contribution in [2.24, 2.45) is 5.41 Å². The first-order valence-electron chi connectivity index (χ1n) is 6.26. The van der Waals surface area contributed by atoms with Crippen molar-refractivity contribution < 1.29 is 9.84 Å². The Morgan fingerprint density at radius 1 is 1.07 bits per heavy atom. The summed E-state index contributed by atoms with van der Waals surface area (Å²) in [6.45, 7) is 6.09. The van der Waals surface area contributed by atoms with Crippen LogP contribution in [0.2, 0.25) is 0 Å². The predicted molar refractivity (Wildman–Crippen MR) is 59.9 cm³/mol. The standard InChI is InChI=1S/C12H23NO2/c14-7-3-1-2-6-13-10-12(11-13)4-8-15-9-5-12/h14H,1-11H2. The Morgan fingerprint density at radius 2 is 1.80 bits per heavy atom. The molecule has 2 rings (SSSR count). The van der Waals surface area contributed by atoms with Crippen molar-refractivity contribution in [3.63, 3.8) is 0 Å². The van der Waals surface area contributed by atoms with Gasteiger partial charge in [-0.25, -0.2) is 0 Å². The molecule has 2 heterocycles. The first-order chi connectivity index (χ1) is 7.35. The smallest absolute Gasteiger partial charge is 0.0472 e. The second-order valence-corrected chi connectivity index (χ2v) is 5.11. The van der Waals surface area contributed by atoms with Crippen molar-refractivity contribution in [2.75, 3.05) is 39.5 Å². The Morgan fingerprint density at radius 3 is 2.47 bits per heavy atom. The van der Waals surface area contributed by atoms with Crippen LogP contribution < -0.4 is 0 Å². The van der Waals surface area contributed by atoms with E-state index in [9.17, 15) is 0 Å².